The summed E-state index contributed by atoms with van der Waals surface area (Å²) in [5.74, 6) is -1.64. The number of carboxylic acids is 1. The standard InChI is InChI=1S/C8H13NO5/c1-14-6-2-5(7(10)11)3-9(4-6)8(12)13/h5-6H,2-4H2,1H3,(H,10,11)(H,12,13). The normalized spacial score (nSPS) is 27.4. The number of methoxy groups -OCH3 is 1. The van der Waals surface area contributed by atoms with Gasteiger partial charge in [-0.05, 0) is 6.42 Å². The van der Waals surface area contributed by atoms with Crippen molar-refractivity contribution >= 4 is 12.1 Å². The number of hydrogen-bond acceptors (Lipinski definition) is 3. The Kier molecular flexibility index (Phi) is 3.29. The summed E-state index contributed by atoms with van der Waals surface area (Å²) in [6.07, 6.45) is -1.05. The van der Waals surface area contributed by atoms with Crippen molar-refractivity contribution in [3.63, 3.8) is 0 Å². The maximum Gasteiger partial charge on any atom is 0.407 e. The Balaban J connectivity index is 2.66. The summed E-state index contributed by atoms with van der Waals surface area (Å²) in [7, 11) is 1.45. The van der Waals surface area contributed by atoms with Crippen molar-refractivity contribution < 1.29 is 24.5 Å². The number of likely N-dealkylation sites (tertiary alicyclic amines) is 1. The second kappa shape index (κ2) is 4.28. The zero-order chi connectivity index (χ0) is 10.7. The van der Waals surface area contributed by atoms with Crippen LogP contribution >= 0.6 is 0 Å². The Bertz CT molecular complexity index is 220. The SMILES string of the molecule is COC1CC(C(=O)O)CN(C(=O)O)C1. The molecule has 80 valence electrons. The zero-order valence-electron chi connectivity index (χ0n) is 7.84. The number of amides is 1. The fourth-order valence-corrected chi connectivity index (χ4v) is 1.56. The fourth-order valence-electron chi connectivity index (χ4n) is 1.56. The molecule has 1 aliphatic rings. The van der Waals surface area contributed by atoms with Gasteiger partial charge >= 0.3 is 12.1 Å². The molecule has 0 aromatic carbocycles. The molecule has 1 heterocycles. The van der Waals surface area contributed by atoms with E-state index >= 15 is 0 Å². The highest BCUT2D eigenvalue weighted by Crippen LogP contribution is 2.19. The summed E-state index contributed by atoms with van der Waals surface area (Å²) in [5, 5.41) is 17.5. The molecule has 1 rings (SSSR count). The molecule has 0 aromatic heterocycles. The first kappa shape index (κ1) is 10.8. The second-order valence-electron chi connectivity index (χ2n) is 3.32. The molecule has 6 heteroatoms. The van der Waals surface area contributed by atoms with E-state index in [0.717, 1.165) is 4.90 Å². The van der Waals surface area contributed by atoms with E-state index in [-0.39, 0.29) is 19.2 Å². The van der Waals surface area contributed by atoms with Crippen LogP contribution in [0.3, 0.4) is 0 Å². The van der Waals surface area contributed by atoms with E-state index in [1.54, 1.807) is 0 Å². The van der Waals surface area contributed by atoms with Crippen LogP contribution in [0, 0.1) is 5.92 Å². The number of carbonyl (C=O) groups is 2. The van der Waals surface area contributed by atoms with Gasteiger partial charge in [0.25, 0.3) is 0 Å². The molecule has 0 aromatic rings. The molecule has 0 bridgehead atoms. The van der Waals surface area contributed by atoms with Crippen LogP contribution in [0.1, 0.15) is 6.42 Å². The maximum atomic E-state index is 10.7. The van der Waals surface area contributed by atoms with Gasteiger partial charge in [0.15, 0.2) is 0 Å². The Morgan fingerprint density at radius 2 is 2.00 bits per heavy atom. The summed E-state index contributed by atoms with van der Waals surface area (Å²) in [6, 6.07) is 0. The van der Waals surface area contributed by atoms with Gasteiger partial charge in [-0.15, -0.1) is 0 Å². The molecular formula is C8H13NO5. The van der Waals surface area contributed by atoms with E-state index in [1.807, 2.05) is 0 Å². The van der Waals surface area contributed by atoms with Crippen molar-refractivity contribution in [2.24, 2.45) is 5.92 Å². The fraction of sp³-hybridized carbons (Fsp3) is 0.750. The largest absolute Gasteiger partial charge is 0.481 e. The third-order valence-electron chi connectivity index (χ3n) is 2.37. The van der Waals surface area contributed by atoms with Crippen LogP contribution in [0.25, 0.3) is 0 Å². The highest BCUT2D eigenvalue weighted by atomic mass is 16.5. The van der Waals surface area contributed by atoms with Crippen molar-refractivity contribution in [1.29, 1.82) is 0 Å². The summed E-state index contributed by atoms with van der Waals surface area (Å²) >= 11 is 0. The predicted octanol–water partition coefficient (Wildman–Crippen LogP) is 0.0859. The lowest BCUT2D eigenvalue weighted by molar-refractivity contribution is -0.145. The number of aliphatic carboxylic acids is 1. The third kappa shape index (κ3) is 2.35. The average Bonchev–Trinajstić information content (AvgIpc) is 2.16. The van der Waals surface area contributed by atoms with Gasteiger partial charge in [0.2, 0.25) is 0 Å². The van der Waals surface area contributed by atoms with E-state index in [9.17, 15) is 9.59 Å². The van der Waals surface area contributed by atoms with Crippen LogP contribution in [0.5, 0.6) is 0 Å². The van der Waals surface area contributed by atoms with Gasteiger partial charge < -0.3 is 19.8 Å². The summed E-state index contributed by atoms with van der Waals surface area (Å²) < 4.78 is 4.98. The predicted molar refractivity (Wildman–Crippen MR) is 46.1 cm³/mol. The minimum absolute atomic E-state index is 0.0462. The number of ether oxygens (including phenoxy) is 1. The second-order valence-corrected chi connectivity index (χ2v) is 3.32. The van der Waals surface area contributed by atoms with Crippen LogP contribution in [0.2, 0.25) is 0 Å². The van der Waals surface area contributed by atoms with Crippen LogP contribution in [0.15, 0.2) is 0 Å². The minimum atomic E-state index is -1.10. The first-order chi connectivity index (χ1) is 6.54. The summed E-state index contributed by atoms with van der Waals surface area (Å²) in [4.78, 5) is 22.5. The molecule has 1 aliphatic heterocycles. The molecule has 1 saturated heterocycles. The van der Waals surface area contributed by atoms with Crippen LogP contribution < -0.4 is 0 Å². The highest BCUT2D eigenvalue weighted by Gasteiger charge is 2.33. The Morgan fingerprint density at radius 1 is 1.36 bits per heavy atom. The number of carboxylic acid groups (broad SMARTS) is 2. The van der Waals surface area contributed by atoms with Gasteiger partial charge in [-0.25, -0.2) is 4.79 Å². The van der Waals surface area contributed by atoms with E-state index in [0.29, 0.717) is 6.42 Å². The molecule has 0 spiro atoms. The molecule has 0 aliphatic carbocycles. The minimum Gasteiger partial charge on any atom is -0.481 e. The van der Waals surface area contributed by atoms with Gasteiger partial charge in [-0.3, -0.25) is 4.79 Å². The van der Waals surface area contributed by atoms with Crippen LogP contribution in [-0.4, -0.2) is 53.5 Å². The summed E-state index contributed by atoms with van der Waals surface area (Å²) in [6.45, 7) is 0.292. The van der Waals surface area contributed by atoms with Crippen molar-refractivity contribution in [3.8, 4) is 0 Å². The molecule has 2 N–H and O–H groups in total. The number of nitrogens with zero attached hydrogens (tertiary/aromatic N) is 1. The lowest BCUT2D eigenvalue weighted by atomic mass is 9.96. The van der Waals surface area contributed by atoms with E-state index in [2.05, 4.69) is 0 Å². The van der Waals surface area contributed by atoms with Crippen molar-refractivity contribution in [2.75, 3.05) is 20.2 Å². The van der Waals surface area contributed by atoms with Gasteiger partial charge in [0, 0.05) is 13.7 Å². The maximum absolute atomic E-state index is 10.7. The van der Waals surface area contributed by atoms with Gasteiger partial charge in [0.05, 0.1) is 18.6 Å². The van der Waals surface area contributed by atoms with Gasteiger partial charge in [-0.2, -0.15) is 0 Å². The zero-order valence-corrected chi connectivity index (χ0v) is 7.84. The monoisotopic (exact) mass is 203 g/mol. The smallest absolute Gasteiger partial charge is 0.407 e. The van der Waals surface area contributed by atoms with E-state index in [1.165, 1.54) is 7.11 Å². The molecule has 2 unspecified atom stereocenters. The van der Waals surface area contributed by atoms with Gasteiger partial charge in [-0.1, -0.05) is 0 Å². The highest BCUT2D eigenvalue weighted by molar-refractivity contribution is 5.72. The molecule has 1 amide bonds. The van der Waals surface area contributed by atoms with Gasteiger partial charge in [0.1, 0.15) is 0 Å². The third-order valence-corrected chi connectivity index (χ3v) is 2.37. The molecule has 0 saturated carbocycles. The first-order valence-electron chi connectivity index (χ1n) is 4.28. The Labute approximate surface area is 81.1 Å². The molecule has 0 radical (unpaired) electrons. The molecule has 2 atom stereocenters. The number of piperidine rings is 1. The molecular weight excluding hydrogens is 190 g/mol. The Morgan fingerprint density at radius 3 is 2.43 bits per heavy atom. The Hall–Kier alpha value is -1.30. The molecule has 14 heavy (non-hydrogen) atoms. The first-order valence-corrected chi connectivity index (χ1v) is 4.28. The molecule has 6 nitrogen and oxygen atoms in total. The van der Waals surface area contributed by atoms with E-state index in [4.69, 9.17) is 14.9 Å². The lowest BCUT2D eigenvalue weighted by Gasteiger charge is -2.33. The van der Waals surface area contributed by atoms with E-state index < -0.39 is 18.0 Å². The quantitative estimate of drug-likeness (QED) is 0.664. The lowest BCUT2D eigenvalue weighted by Crippen LogP contribution is -2.48. The van der Waals surface area contributed by atoms with Crippen molar-refractivity contribution in [3.05, 3.63) is 0 Å². The number of rotatable bonds is 2. The van der Waals surface area contributed by atoms with Crippen LogP contribution in [0.4, 0.5) is 4.79 Å². The van der Waals surface area contributed by atoms with Crippen molar-refractivity contribution in [1.82, 2.24) is 4.90 Å². The average molecular weight is 203 g/mol. The van der Waals surface area contributed by atoms with Crippen molar-refractivity contribution in [2.45, 2.75) is 12.5 Å². The number of hydrogen-bond donors (Lipinski definition) is 2. The van der Waals surface area contributed by atoms with Crippen LogP contribution in [-0.2, 0) is 9.53 Å². The topological polar surface area (TPSA) is 87.1 Å². The molecule has 1 fully saturated rings. The summed E-state index contributed by atoms with van der Waals surface area (Å²) in [5.41, 5.74) is 0.